The van der Waals surface area contributed by atoms with E-state index in [4.69, 9.17) is 25.5 Å². The largest absolute Gasteiger partial charge is 0.543 e. The first kappa shape index (κ1) is 31.4. The van der Waals surface area contributed by atoms with Crippen LogP contribution in [0.4, 0.5) is 0 Å². The van der Waals surface area contributed by atoms with Gasteiger partial charge in [0.1, 0.15) is 35.7 Å². The number of phenolic OH excluding ortho intramolecular Hbond substituents is 1. The monoisotopic (exact) mass is 632 g/mol. The van der Waals surface area contributed by atoms with E-state index in [9.17, 15) is 5.11 Å². The molecule has 0 aromatic heterocycles. The van der Waals surface area contributed by atoms with Crippen LogP contribution in [0.25, 0.3) is 0 Å². The van der Waals surface area contributed by atoms with Gasteiger partial charge in [-0.15, -0.1) is 11.8 Å². The molecule has 0 unspecified atom stereocenters. The molecule has 4 aromatic carbocycles. The van der Waals surface area contributed by atoms with Crippen LogP contribution < -0.4 is 13.9 Å². The number of benzene rings is 4. The molecule has 4 nitrogen and oxygen atoms in total. The van der Waals surface area contributed by atoms with Gasteiger partial charge in [-0.3, -0.25) is 0 Å². The molecule has 0 saturated heterocycles. The van der Waals surface area contributed by atoms with Crippen LogP contribution in [0.1, 0.15) is 69.6 Å². The average molecular weight is 633 g/mol. The van der Waals surface area contributed by atoms with Crippen LogP contribution in [-0.2, 0) is 6.61 Å². The second-order valence-corrected chi connectivity index (χ2v) is 19.1. The molecule has 1 N–H and O–H groups in total. The zero-order chi connectivity index (χ0) is 30.7. The summed E-state index contributed by atoms with van der Waals surface area (Å²) in [5.74, 6) is 2.49. The molecule has 5 rings (SSSR count). The maximum atomic E-state index is 9.97. The SMILES string of the molecule is CC(C)[Si](Oc1ccc([C@@H]2Sc3c(Cl)cc(OCc4ccccc4)cc3O[C@@H]2c2ccc(O)cc2)cc1)(C(C)C)C(C)C. The zero-order valence-corrected chi connectivity index (χ0v) is 28.3. The van der Waals surface area contributed by atoms with Crippen molar-refractivity contribution in [2.45, 2.75) is 81.0 Å². The van der Waals surface area contributed by atoms with Gasteiger partial charge in [0, 0.05) is 12.1 Å². The van der Waals surface area contributed by atoms with E-state index in [1.54, 1.807) is 23.9 Å². The molecule has 1 aliphatic heterocycles. The number of aromatic hydroxyl groups is 1. The normalized spacial score (nSPS) is 16.7. The van der Waals surface area contributed by atoms with Gasteiger partial charge < -0.3 is 19.0 Å². The van der Waals surface area contributed by atoms with E-state index < -0.39 is 8.32 Å². The molecular formula is C36H41ClO4SSi. The van der Waals surface area contributed by atoms with Gasteiger partial charge in [0.2, 0.25) is 0 Å². The lowest BCUT2D eigenvalue weighted by Gasteiger charge is -2.42. The Kier molecular flexibility index (Phi) is 9.69. The van der Waals surface area contributed by atoms with E-state index in [1.807, 2.05) is 54.6 Å². The summed E-state index contributed by atoms with van der Waals surface area (Å²) < 4.78 is 19.7. The standard InChI is InChI=1S/C36H41ClO4SSi/c1-23(2)43(24(3)4,25(5)6)41-30-18-14-28(15-19-30)35-34(27-12-16-29(38)17-13-27)40-33-21-31(20-32(37)36(33)42-35)39-22-26-10-8-7-9-11-26/h7-21,23-25,34-35,38H,22H2,1-6H3/t34-,35+/m1/s1. The third-order valence-corrected chi connectivity index (χ3v) is 16.3. The Bertz CT molecular complexity index is 1490. The summed E-state index contributed by atoms with van der Waals surface area (Å²) in [7, 11) is -2.07. The van der Waals surface area contributed by atoms with E-state index >= 15 is 0 Å². The van der Waals surface area contributed by atoms with E-state index in [1.165, 1.54) is 0 Å². The predicted molar refractivity (Wildman–Crippen MR) is 180 cm³/mol. The van der Waals surface area contributed by atoms with Gasteiger partial charge in [0.05, 0.1) is 15.2 Å². The van der Waals surface area contributed by atoms with Gasteiger partial charge in [-0.05, 0) is 57.6 Å². The van der Waals surface area contributed by atoms with Crippen LogP contribution in [0.3, 0.4) is 0 Å². The summed E-state index contributed by atoms with van der Waals surface area (Å²) in [4.78, 5) is 0.889. The number of halogens is 1. The molecule has 2 atom stereocenters. The van der Waals surface area contributed by atoms with Crippen LogP contribution in [0, 0.1) is 0 Å². The summed E-state index contributed by atoms with van der Waals surface area (Å²) in [5.41, 5.74) is 4.65. The third kappa shape index (κ3) is 6.72. The fourth-order valence-corrected chi connectivity index (χ4v) is 13.3. The van der Waals surface area contributed by atoms with Gasteiger partial charge in [0.15, 0.2) is 0 Å². The van der Waals surface area contributed by atoms with Crippen molar-refractivity contribution in [3.8, 4) is 23.0 Å². The Balaban J connectivity index is 1.45. The van der Waals surface area contributed by atoms with Gasteiger partial charge in [-0.1, -0.05) is 108 Å². The summed E-state index contributed by atoms with van der Waals surface area (Å²) in [6.45, 7) is 14.3. The molecular weight excluding hydrogens is 592 g/mol. The first-order chi connectivity index (χ1) is 20.6. The maximum absolute atomic E-state index is 9.97. The number of hydrogen-bond donors (Lipinski definition) is 1. The Hall–Kier alpha value is -3.06. The second kappa shape index (κ2) is 13.3. The van der Waals surface area contributed by atoms with Crippen molar-refractivity contribution < 1.29 is 19.0 Å². The van der Waals surface area contributed by atoms with Crippen molar-refractivity contribution in [3.05, 3.63) is 113 Å². The van der Waals surface area contributed by atoms with Crippen molar-refractivity contribution in [2.75, 3.05) is 0 Å². The number of fused-ring (bicyclic) bond motifs is 1. The number of thioether (sulfide) groups is 1. The summed E-state index contributed by atoms with van der Waals surface area (Å²) >= 11 is 8.55. The molecule has 0 aliphatic carbocycles. The van der Waals surface area contributed by atoms with Crippen LogP contribution >= 0.6 is 23.4 Å². The molecule has 0 radical (unpaired) electrons. The maximum Gasteiger partial charge on any atom is 0.258 e. The molecule has 7 heteroatoms. The number of rotatable bonds is 10. The smallest absolute Gasteiger partial charge is 0.258 e. The first-order valence-corrected chi connectivity index (χ1v) is 18.4. The second-order valence-electron chi connectivity index (χ2n) is 12.2. The summed E-state index contributed by atoms with van der Waals surface area (Å²) in [6.07, 6.45) is -0.305. The van der Waals surface area contributed by atoms with Crippen LogP contribution in [0.2, 0.25) is 21.6 Å². The Morgan fingerprint density at radius 1 is 0.791 bits per heavy atom. The highest BCUT2D eigenvalue weighted by Gasteiger charge is 2.47. The lowest BCUT2D eigenvalue weighted by Crippen LogP contribution is -2.50. The molecule has 0 spiro atoms. The molecule has 1 aliphatic rings. The van der Waals surface area contributed by atoms with Gasteiger partial charge in [-0.25, -0.2) is 0 Å². The van der Waals surface area contributed by atoms with E-state index in [0.29, 0.717) is 39.8 Å². The zero-order valence-electron chi connectivity index (χ0n) is 25.7. The summed E-state index contributed by atoms with van der Waals surface area (Å²) in [5, 5.41) is 10.5. The highest BCUT2D eigenvalue weighted by atomic mass is 35.5. The highest BCUT2D eigenvalue weighted by Crippen LogP contribution is 2.56. The summed E-state index contributed by atoms with van der Waals surface area (Å²) in [6, 6.07) is 29.6. The van der Waals surface area contributed by atoms with Crippen LogP contribution in [-0.4, -0.2) is 13.4 Å². The Morgan fingerprint density at radius 2 is 1.40 bits per heavy atom. The number of ether oxygens (including phenoxy) is 2. The minimum Gasteiger partial charge on any atom is -0.543 e. The third-order valence-electron chi connectivity index (χ3n) is 8.44. The van der Waals surface area contributed by atoms with Crippen molar-refractivity contribution >= 4 is 31.7 Å². The fraction of sp³-hybridized carbons (Fsp3) is 0.333. The first-order valence-electron chi connectivity index (χ1n) is 15.0. The molecule has 226 valence electrons. The highest BCUT2D eigenvalue weighted by molar-refractivity contribution is 7.99. The van der Waals surface area contributed by atoms with Crippen molar-refractivity contribution in [2.24, 2.45) is 0 Å². The minimum atomic E-state index is -2.07. The molecule has 1 heterocycles. The Labute approximate surface area is 266 Å². The fourth-order valence-electron chi connectivity index (χ4n) is 6.39. The van der Waals surface area contributed by atoms with E-state index in [0.717, 1.165) is 27.3 Å². The molecule has 0 saturated carbocycles. The van der Waals surface area contributed by atoms with E-state index in [2.05, 4.69) is 65.8 Å². The van der Waals surface area contributed by atoms with Crippen LogP contribution in [0.15, 0.2) is 95.9 Å². The topological polar surface area (TPSA) is 47.9 Å². The van der Waals surface area contributed by atoms with Crippen LogP contribution in [0.5, 0.6) is 23.0 Å². The molecule has 4 aromatic rings. The number of phenols is 1. The molecule has 43 heavy (non-hydrogen) atoms. The lowest BCUT2D eigenvalue weighted by atomic mass is 10.00. The van der Waals surface area contributed by atoms with Crippen molar-refractivity contribution in [3.63, 3.8) is 0 Å². The van der Waals surface area contributed by atoms with Crippen molar-refractivity contribution in [1.29, 1.82) is 0 Å². The number of hydrogen-bond acceptors (Lipinski definition) is 5. The Morgan fingerprint density at radius 3 is 2.00 bits per heavy atom. The predicted octanol–water partition coefficient (Wildman–Crippen LogP) is 11.1. The molecule has 0 fully saturated rings. The van der Waals surface area contributed by atoms with Gasteiger partial charge >= 0.3 is 0 Å². The minimum absolute atomic E-state index is 0.0676. The lowest BCUT2D eigenvalue weighted by molar-refractivity contribution is 0.189. The van der Waals surface area contributed by atoms with Crippen molar-refractivity contribution in [1.82, 2.24) is 0 Å². The van der Waals surface area contributed by atoms with Gasteiger partial charge in [-0.2, -0.15) is 0 Å². The molecule has 0 bridgehead atoms. The quantitative estimate of drug-likeness (QED) is 0.176. The molecule has 0 amide bonds. The average Bonchev–Trinajstić information content (AvgIpc) is 2.99. The van der Waals surface area contributed by atoms with E-state index in [-0.39, 0.29) is 17.1 Å². The van der Waals surface area contributed by atoms with Gasteiger partial charge in [0.25, 0.3) is 8.32 Å².